The van der Waals surface area contributed by atoms with E-state index >= 15 is 0 Å². The number of aliphatic carboxylic acids is 1. The molecule has 2 aromatic heterocycles. The molecule has 0 aliphatic heterocycles. The normalized spacial score (nSPS) is 13.1. The largest absolute Gasteiger partial charge is 0.480 e. The number of carbonyl (C=O) groups excluding carboxylic acids is 1. The Hall–Kier alpha value is -4.39. The van der Waals surface area contributed by atoms with Gasteiger partial charge in [-0.15, -0.1) is 0 Å². The van der Waals surface area contributed by atoms with Crippen LogP contribution in [0.5, 0.6) is 0 Å². The maximum Gasteiger partial charge on any atom is 0.407 e. The maximum absolute atomic E-state index is 12.7. The number of hydrogen-bond acceptors (Lipinski definition) is 4. The fourth-order valence-electron chi connectivity index (χ4n) is 5.08. The number of pyridine rings is 1. The molecule has 2 aromatic carbocycles. The van der Waals surface area contributed by atoms with E-state index in [-0.39, 0.29) is 18.9 Å². The number of rotatable bonds is 7. The topological polar surface area (TPSA) is 93.5 Å². The third-order valence-corrected chi connectivity index (χ3v) is 6.77. The molecular weight excluding hydrogens is 454 g/mol. The Labute approximate surface area is 209 Å². The standard InChI is InChI=1S/C29H27N3O4/c1-18-15-20(19(2)32(18)27-13-7-8-14-30-27)16-26(28(33)34)31-29(35)36-17-25-23-11-5-3-9-21(23)22-10-4-6-12-24(22)25/h3-15,25-26H,16-17H2,1-2H3,(H,31,35)(H,33,34). The number of amides is 1. The van der Waals surface area contributed by atoms with Crippen LogP contribution in [0.3, 0.4) is 0 Å². The number of aryl methyl sites for hydroxylation is 1. The molecule has 2 heterocycles. The van der Waals surface area contributed by atoms with Gasteiger partial charge in [0.2, 0.25) is 0 Å². The summed E-state index contributed by atoms with van der Waals surface area (Å²) in [6, 6.07) is 22.6. The molecular formula is C29H27N3O4. The van der Waals surface area contributed by atoms with Gasteiger partial charge in [0.05, 0.1) is 0 Å². The molecule has 0 bridgehead atoms. The number of hydrogen-bond donors (Lipinski definition) is 2. The molecule has 7 nitrogen and oxygen atoms in total. The summed E-state index contributed by atoms with van der Waals surface area (Å²) in [5, 5.41) is 12.4. The van der Waals surface area contributed by atoms with Crippen molar-refractivity contribution in [1.82, 2.24) is 14.9 Å². The average molecular weight is 482 g/mol. The lowest BCUT2D eigenvalue weighted by Crippen LogP contribution is -2.43. The zero-order valence-electron chi connectivity index (χ0n) is 20.1. The molecule has 0 fully saturated rings. The van der Waals surface area contributed by atoms with Crippen LogP contribution in [0.25, 0.3) is 16.9 Å². The molecule has 1 atom stereocenters. The summed E-state index contributed by atoms with van der Waals surface area (Å²) < 4.78 is 7.53. The van der Waals surface area contributed by atoms with E-state index in [1.165, 1.54) is 0 Å². The molecule has 0 radical (unpaired) electrons. The van der Waals surface area contributed by atoms with Crippen molar-refractivity contribution in [3.63, 3.8) is 0 Å². The van der Waals surface area contributed by atoms with Gasteiger partial charge in [-0.25, -0.2) is 14.6 Å². The predicted molar refractivity (Wildman–Crippen MR) is 136 cm³/mol. The second-order valence-electron chi connectivity index (χ2n) is 8.98. The second kappa shape index (κ2) is 9.70. The van der Waals surface area contributed by atoms with Crippen LogP contribution in [0.2, 0.25) is 0 Å². The predicted octanol–water partition coefficient (Wildman–Crippen LogP) is 5.02. The molecule has 36 heavy (non-hydrogen) atoms. The van der Waals surface area contributed by atoms with Crippen molar-refractivity contribution in [2.24, 2.45) is 0 Å². The van der Waals surface area contributed by atoms with Crippen molar-refractivity contribution in [3.05, 3.63) is 107 Å². The van der Waals surface area contributed by atoms with E-state index < -0.39 is 18.1 Å². The molecule has 182 valence electrons. The molecule has 0 spiro atoms. The Balaban J connectivity index is 1.28. The Bertz CT molecular complexity index is 1380. The fourth-order valence-corrected chi connectivity index (χ4v) is 5.08. The van der Waals surface area contributed by atoms with Gasteiger partial charge < -0.3 is 19.7 Å². The molecule has 0 saturated heterocycles. The zero-order valence-corrected chi connectivity index (χ0v) is 20.1. The number of aromatic nitrogens is 2. The van der Waals surface area contributed by atoms with Gasteiger partial charge in [-0.1, -0.05) is 54.6 Å². The van der Waals surface area contributed by atoms with Gasteiger partial charge in [-0.05, 0) is 59.9 Å². The molecule has 5 rings (SSSR count). The van der Waals surface area contributed by atoms with Crippen molar-refractivity contribution in [2.75, 3.05) is 6.61 Å². The third-order valence-electron chi connectivity index (χ3n) is 6.77. The fraction of sp³-hybridized carbons (Fsp3) is 0.207. The van der Waals surface area contributed by atoms with Crippen LogP contribution in [0.15, 0.2) is 79.0 Å². The van der Waals surface area contributed by atoms with Gasteiger partial charge >= 0.3 is 12.1 Å². The summed E-state index contributed by atoms with van der Waals surface area (Å²) in [6.07, 6.45) is 1.10. The zero-order chi connectivity index (χ0) is 25.2. The van der Waals surface area contributed by atoms with Crippen LogP contribution < -0.4 is 5.32 Å². The first-order valence-corrected chi connectivity index (χ1v) is 11.9. The molecule has 4 aromatic rings. The van der Waals surface area contributed by atoms with Crippen LogP contribution in [0.4, 0.5) is 4.79 Å². The summed E-state index contributed by atoms with van der Waals surface area (Å²) in [5.74, 6) is -0.454. The van der Waals surface area contributed by atoms with E-state index in [2.05, 4.69) is 22.4 Å². The van der Waals surface area contributed by atoms with Crippen molar-refractivity contribution in [3.8, 4) is 16.9 Å². The summed E-state index contributed by atoms with van der Waals surface area (Å²) in [6.45, 7) is 3.99. The lowest BCUT2D eigenvalue weighted by atomic mass is 9.98. The Kier molecular flexibility index (Phi) is 6.29. The lowest BCUT2D eigenvalue weighted by molar-refractivity contribution is -0.139. The summed E-state index contributed by atoms with van der Waals surface area (Å²) in [5.41, 5.74) is 7.11. The molecule has 1 aliphatic carbocycles. The van der Waals surface area contributed by atoms with Crippen LogP contribution in [-0.4, -0.2) is 39.4 Å². The van der Waals surface area contributed by atoms with Gasteiger partial charge in [-0.3, -0.25) is 0 Å². The van der Waals surface area contributed by atoms with Crippen LogP contribution >= 0.6 is 0 Å². The van der Waals surface area contributed by atoms with E-state index in [0.29, 0.717) is 0 Å². The highest BCUT2D eigenvalue weighted by molar-refractivity contribution is 5.81. The van der Waals surface area contributed by atoms with Gasteiger partial charge in [-0.2, -0.15) is 0 Å². The molecule has 0 saturated carbocycles. The number of alkyl carbamates (subject to hydrolysis) is 1. The number of fused-ring (bicyclic) bond motifs is 3. The summed E-state index contributed by atoms with van der Waals surface area (Å²) in [4.78, 5) is 29.1. The maximum atomic E-state index is 12.7. The van der Waals surface area contributed by atoms with Crippen molar-refractivity contribution in [2.45, 2.75) is 32.2 Å². The quantitative estimate of drug-likeness (QED) is 0.386. The third kappa shape index (κ3) is 4.35. The minimum absolute atomic E-state index is 0.0938. The van der Waals surface area contributed by atoms with Crippen molar-refractivity contribution < 1.29 is 19.4 Å². The molecule has 2 N–H and O–H groups in total. The van der Waals surface area contributed by atoms with E-state index in [4.69, 9.17) is 4.74 Å². The minimum atomic E-state index is -1.13. The number of benzene rings is 2. The minimum Gasteiger partial charge on any atom is -0.480 e. The monoisotopic (exact) mass is 481 g/mol. The molecule has 1 aliphatic rings. The molecule has 1 amide bonds. The lowest BCUT2D eigenvalue weighted by Gasteiger charge is -2.17. The molecule has 1 unspecified atom stereocenters. The van der Waals surface area contributed by atoms with Crippen molar-refractivity contribution in [1.29, 1.82) is 0 Å². The van der Waals surface area contributed by atoms with Gasteiger partial charge in [0.15, 0.2) is 0 Å². The summed E-state index contributed by atoms with van der Waals surface area (Å²) in [7, 11) is 0. The summed E-state index contributed by atoms with van der Waals surface area (Å²) >= 11 is 0. The van der Waals surface area contributed by atoms with Crippen LogP contribution in [-0.2, 0) is 16.0 Å². The first-order chi connectivity index (χ1) is 17.4. The van der Waals surface area contributed by atoms with E-state index in [1.54, 1.807) is 6.20 Å². The van der Waals surface area contributed by atoms with E-state index in [0.717, 1.165) is 45.0 Å². The Morgan fingerprint density at radius 3 is 2.25 bits per heavy atom. The number of nitrogens with zero attached hydrogens (tertiary/aromatic N) is 2. The number of ether oxygens (including phenoxy) is 1. The highest BCUT2D eigenvalue weighted by Crippen LogP contribution is 2.44. The molecule has 7 heteroatoms. The Morgan fingerprint density at radius 2 is 1.64 bits per heavy atom. The van der Waals surface area contributed by atoms with Gasteiger partial charge in [0.1, 0.15) is 18.5 Å². The Morgan fingerprint density at radius 1 is 1.00 bits per heavy atom. The number of carbonyl (C=O) groups is 2. The second-order valence-corrected chi connectivity index (χ2v) is 8.98. The van der Waals surface area contributed by atoms with Crippen LogP contribution in [0, 0.1) is 13.8 Å². The van der Waals surface area contributed by atoms with Crippen molar-refractivity contribution >= 4 is 12.1 Å². The number of carboxylic acids is 1. The highest BCUT2D eigenvalue weighted by Gasteiger charge is 2.30. The number of nitrogens with one attached hydrogen (secondary N) is 1. The first kappa shape index (κ1) is 23.4. The highest BCUT2D eigenvalue weighted by atomic mass is 16.5. The van der Waals surface area contributed by atoms with Gasteiger partial charge in [0.25, 0.3) is 0 Å². The van der Waals surface area contributed by atoms with E-state index in [1.807, 2.05) is 79.1 Å². The first-order valence-electron chi connectivity index (χ1n) is 11.9. The van der Waals surface area contributed by atoms with E-state index in [9.17, 15) is 14.7 Å². The average Bonchev–Trinajstić information content (AvgIpc) is 3.35. The SMILES string of the molecule is Cc1cc(CC(NC(=O)OCC2c3ccccc3-c3ccccc32)C(=O)O)c(C)n1-c1ccccn1. The smallest absolute Gasteiger partial charge is 0.407 e. The van der Waals surface area contributed by atoms with Crippen LogP contribution in [0.1, 0.15) is 34.0 Å². The van der Waals surface area contributed by atoms with Gasteiger partial charge in [0, 0.05) is 29.9 Å². The number of carboxylic acid groups (broad SMARTS) is 1.